The topological polar surface area (TPSA) is 65.2 Å². The third-order valence-corrected chi connectivity index (χ3v) is 4.30. The Kier molecular flexibility index (Phi) is 5.25. The molecular weight excluding hydrogens is 382 g/mol. The van der Waals surface area contributed by atoms with Crippen LogP contribution in [0.5, 0.6) is 0 Å². The quantitative estimate of drug-likeness (QED) is 0.553. The fourth-order valence-corrected chi connectivity index (χ4v) is 2.76. The zero-order valence-corrected chi connectivity index (χ0v) is 15.3. The molecular formula is C18H13Cl2FN2O3. The standard InChI is InChI=1S/C18H13Cl2FN2O3/c1-9-6-7-11(8-14(9)21)16-22-17(26-23-16)10(2)25-18(24)15-12(19)4-3-5-13(15)20/h3-8,10H,1-2H3. The summed E-state index contributed by atoms with van der Waals surface area (Å²) in [7, 11) is 0. The van der Waals surface area contributed by atoms with E-state index in [1.807, 2.05) is 0 Å². The molecule has 134 valence electrons. The normalized spacial score (nSPS) is 12.0. The van der Waals surface area contributed by atoms with E-state index in [4.69, 9.17) is 32.5 Å². The lowest BCUT2D eigenvalue weighted by Gasteiger charge is -2.11. The second-order valence-corrected chi connectivity index (χ2v) is 6.38. The van der Waals surface area contributed by atoms with E-state index >= 15 is 0 Å². The smallest absolute Gasteiger partial charge is 0.341 e. The summed E-state index contributed by atoms with van der Waals surface area (Å²) >= 11 is 12.0. The van der Waals surface area contributed by atoms with Gasteiger partial charge in [0.1, 0.15) is 5.82 Å². The molecule has 0 saturated carbocycles. The van der Waals surface area contributed by atoms with Gasteiger partial charge in [-0.2, -0.15) is 4.98 Å². The van der Waals surface area contributed by atoms with Gasteiger partial charge in [-0.25, -0.2) is 9.18 Å². The molecule has 0 aliphatic heterocycles. The number of hydrogen-bond donors (Lipinski definition) is 0. The summed E-state index contributed by atoms with van der Waals surface area (Å²) in [5.74, 6) is -0.828. The van der Waals surface area contributed by atoms with E-state index in [-0.39, 0.29) is 33.1 Å². The van der Waals surface area contributed by atoms with Crippen LogP contribution in [-0.2, 0) is 4.74 Å². The molecule has 26 heavy (non-hydrogen) atoms. The number of carbonyl (C=O) groups excluding carboxylic acids is 1. The molecule has 0 aliphatic carbocycles. The van der Waals surface area contributed by atoms with Crippen LogP contribution < -0.4 is 0 Å². The monoisotopic (exact) mass is 394 g/mol. The highest BCUT2D eigenvalue weighted by Crippen LogP contribution is 2.28. The summed E-state index contributed by atoms with van der Waals surface area (Å²) in [6, 6.07) is 9.29. The van der Waals surface area contributed by atoms with E-state index < -0.39 is 12.1 Å². The summed E-state index contributed by atoms with van der Waals surface area (Å²) in [4.78, 5) is 16.5. The lowest BCUT2D eigenvalue weighted by Crippen LogP contribution is -2.10. The lowest BCUT2D eigenvalue weighted by molar-refractivity contribution is 0.0266. The Morgan fingerprint density at radius 2 is 1.92 bits per heavy atom. The molecule has 1 unspecified atom stereocenters. The first-order chi connectivity index (χ1) is 12.4. The van der Waals surface area contributed by atoms with Crippen LogP contribution >= 0.6 is 23.2 Å². The Bertz CT molecular complexity index is 955. The molecule has 1 atom stereocenters. The zero-order chi connectivity index (χ0) is 18.8. The molecule has 0 saturated heterocycles. The minimum atomic E-state index is -0.841. The van der Waals surface area contributed by atoms with Crippen molar-refractivity contribution in [2.45, 2.75) is 20.0 Å². The summed E-state index contributed by atoms with van der Waals surface area (Å²) in [5, 5.41) is 4.15. The maximum atomic E-state index is 13.7. The third-order valence-electron chi connectivity index (χ3n) is 3.67. The summed E-state index contributed by atoms with van der Waals surface area (Å²) in [6.45, 7) is 3.22. The molecule has 0 spiro atoms. The number of benzene rings is 2. The second-order valence-electron chi connectivity index (χ2n) is 5.56. The number of rotatable bonds is 4. The number of esters is 1. The Labute approximate surface area is 158 Å². The summed E-state index contributed by atoms with van der Waals surface area (Å²) in [6.07, 6.45) is -0.841. The minimum Gasteiger partial charge on any atom is -0.449 e. The number of carbonyl (C=O) groups is 1. The van der Waals surface area contributed by atoms with Crippen molar-refractivity contribution in [2.75, 3.05) is 0 Å². The van der Waals surface area contributed by atoms with E-state index in [0.29, 0.717) is 11.1 Å². The van der Waals surface area contributed by atoms with Gasteiger partial charge in [-0.05, 0) is 37.6 Å². The van der Waals surface area contributed by atoms with Crippen LogP contribution in [0.2, 0.25) is 10.0 Å². The Morgan fingerprint density at radius 1 is 1.23 bits per heavy atom. The van der Waals surface area contributed by atoms with Gasteiger partial charge in [0.25, 0.3) is 5.89 Å². The molecule has 0 bridgehead atoms. The fourth-order valence-electron chi connectivity index (χ4n) is 2.21. The molecule has 0 aliphatic rings. The molecule has 0 N–H and O–H groups in total. The fraction of sp³-hybridized carbons (Fsp3) is 0.167. The highest BCUT2D eigenvalue weighted by molar-refractivity contribution is 6.39. The number of nitrogens with zero attached hydrogens (tertiary/aromatic N) is 2. The lowest BCUT2D eigenvalue weighted by atomic mass is 10.1. The molecule has 0 radical (unpaired) electrons. The van der Waals surface area contributed by atoms with Crippen molar-refractivity contribution in [1.29, 1.82) is 0 Å². The number of hydrogen-bond acceptors (Lipinski definition) is 5. The van der Waals surface area contributed by atoms with Crippen LogP contribution in [0.4, 0.5) is 4.39 Å². The van der Waals surface area contributed by atoms with Crippen LogP contribution in [0, 0.1) is 12.7 Å². The molecule has 1 aromatic heterocycles. The average Bonchev–Trinajstić information content (AvgIpc) is 3.07. The predicted molar refractivity (Wildman–Crippen MR) is 94.7 cm³/mol. The number of halogens is 3. The van der Waals surface area contributed by atoms with Crippen molar-refractivity contribution in [1.82, 2.24) is 10.1 Å². The van der Waals surface area contributed by atoms with Crippen molar-refractivity contribution in [2.24, 2.45) is 0 Å². The van der Waals surface area contributed by atoms with Crippen molar-refractivity contribution >= 4 is 29.2 Å². The van der Waals surface area contributed by atoms with Crippen LogP contribution in [0.1, 0.15) is 34.8 Å². The maximum Gasteiger partial charge on any atom is 0.341 e. The minimum absolute atomic E-state index is 0.0584. The first kappa shape index (κ1) is 18.4. The first-order valence-electron chi connectivity index (χ1n) is 7.62. The van der Waals surface area contributed by atoms with Gasteiger partial charge in [-0.3, -0.25) is 0 Å². The van der Waals surface area contributed by atoms with E-state index in [0.717, 1.165) is 0 Å². The largest absolute Gasteiger partial charge is 0.449 e. The first-order valence-corrected chi connectivity index (χ1v) is 8.37. The van der Waals surface area contributed by atoms with Crippen LogP contribution in [0.15, 0.2) is 40.9 Å². The summed E-state index contributed by atoms with van der Waals surface area (Å²) in [5.41, 5.74) is 1.02. The van der Waals surface area contributed by atoms with Crippen molar-refractivity contribution in [3.63, 3.8) is 0 Å². The number of aromatic nitrogens is 2. The van der Waals surface area contributed by atoms with Gasteiger partial charge < -0.3 is 9.26 Å². The van der Waals surface area contributed by atoms with Gasteiger partial charge in [-0.15, -0.1) is 0 Å². The predicted octanol–water partition coefficient (Wildman–Crippen LogP) is 5.41. The van der Waals surface area contributed by atoms with Gasteiger partial charge in [0.05, 0.1) is 15.6 Å². The molecule has 1 heterocycles. The molecule has 0 amide bonds. The molecule has 3 rings (SSSR count). The van der Waals surface area contributed by atoms with Gasteiger partial charge >= 0.3 is 5.97 Å². The average molecular weight is 395 g/mol. The third kappa shape index (κ3) is 3.71. The molecule has 3 aromatic rings. The highest BCUT2D eigenvalue weighted by atomic mass is 35.5. The molecule has 0 fully saturated rings. The molecule has 2 aromatic carbocycles. The van der Waals surface area contributed by atoms with E-state index in [1.54, 1.807) is 32.0 Å². The van der Waals surface area contributed by atoms with Crippen LogP contribution in [0.25, 0.3) is 11.4 Å². The van der Waals surface area contributed by atoms with Crippen LogP contribution in [0.3, 0.4) is 0 Å². The van der Waals surface area contributed by atoms with E-state index in [9.17, 15) is 9.18 Å². The van der Waals surface area contributed by atoms with E-state index in [2.05, 4.69) is 10.1 Å². The second kappa shape index (κ2) is 7.43. The van der Waals surface area contributed by atoms with Gasteiger partial charge in [0.2, 0.25) is 5.82 Å². The Morgan fingerprint density at radius 3 is 2.58 bits per heavy atom. The van der Waals surface area contributed by atoms with Gasteiger partial charge in [0, 0.05) is 5.56 Å². The molecule has 8 heteroatoms. The molecule has 5 nitrogen and oxygen atoms in total. The Balaban J connectivity index is 1.79. The zero-order valence-electron chi connectivity index (χ0n) is 13.8. The number of aryl methyl sites for hydroxylation is 1. The maximum absolute atomic E-state index is 13.7. The van der Waals surface area contributed by atoms with Crippen molar-refractivity contribution in [3.8, 4) is 11.4 Å². The van der Waals surface area contributed by atoms with Crippen molar-refractivity contribution in [3.05, 3.63) is 69.3 Å². The number of ether oxygens (including phenoxy) is 1. The summed E-state index contributed by atoms with van der Waals surface area (Å²) < 4.78 is 24.1. The SMILES string of the molecule is Cc1ccc(-c2noc(C(C)OC(=O)c3c(Cl)cccc3Cl)n2)cc1F. The van der Waals surface area contributed by atoms with E-state index in [1.165, 1.54) is 18.2 Å². The highest BCUT2D eigenvalue weighted by Gasteiger charge is 2.23. The van der Waals surface area contributed by atoms with Crippen LogP contribution in [-0.4, -0.2) is 16.1 Å². The Hall–Kier alpha value is -2.44. The van der Waals surface area contributed by atoms with Crippen molar-refractivity contribution < 1.29 is 18.4 Å². The van der Waals surface area contributed by atoms with Gasteiger partial charge in [-0.1, -0.05) is 46.6 Å². The van der Waals surface area contributed by atoms with Gasteiger partial charge in [0.15, 0.2) is 6.10 Å².